The minimum absolute atomic E-state index is 0.0433. The molecule has 5 rings (SSSR count). The second-order valence-corrected chi connectivity index (χ2v) is 7.28. The van der Waals surface area contributed by atoms with Crippen LogP contribution in [-0.4, -0.2) is 70.0 Å². The summed E-state index contributed by atoms with van der Waals surface area (Å²) in [7, 11) is 1.66. The van der Waals surface area contributed by atoms with Crippen molar-refractivity contribution in [3.05, 3.63) is 23.5 Å². The van der Waals surface area contributed by atoms with Gasteiger partial charge in [-0.15, -0.1) is 0 Å². The number of hydrogen-bond acceptors (Lipinski definition) is 7. The van der Waals surface area contributed by atoms with Gasteiger partial charge in [0.15, 0.2) is 11.8 Å². The molecule has 3 atom stereocenters. The smallest absolute Gasteiger partial charge is 0.296 e. The van der Waals surface area contributed by atoms with Crippen LogP contribution in [0.3, 0.4) is 0 Å². The number of halogens is 1. The van der Waals surface area contributed by atoms with E-state index >= 15 is 0 Å². The molecule has 9 nitrogen and oxygen atoms in total. The highest BCUT2D eigenvalue weighted by atomic mass is 35.5. The molecule has 0 saturated carbocycles. The maximum Gasteiger partial charge on any atom is 0.296 e. The highest BCUT2D eigenvalue weighted by molar-refractivity contribution is 6.33. The molecule has 2 aliphatic rings. The van der Waals surface area contributed by atoms with Crippen molar-refractivity contribution in [3.63, 3.8) is 0 Å². The fourth-order valence-electron chi connectivity index (χ4n) is 3.62. The molecular weight excluding hydrogens is 386 g/mol. The number of imidazole rings is 1. The van der Waals surface area contributed by atoms with Gasteiger partial charge in [0.25, 0.3) is 6.01 Å². The van der Waals surface area contributed by atoms with Gasteiger partial charge in [0.2, 0.25) is 0 Å². The van der Waals surface area contributed by atoms with E-state index in [2.05, 4.69) is 20.1 Å². The summed E-state index contributed by atoms with van der Waals surface area (Å²) in [5.74, 6) is 0. The lowest BCUT2D eigenvalue weighted by Crippen LogP contribution is -2.32. The van der Waals surface area contributed by atoms with E-state index in [9.17, 15) is 0 Å². The van der Waals surface area contributed by atoms with Crippen LogP contribution in [0.4, 0.5) is 0 Å². The number of rotatable bonds is 6. The van der Waals surface area contributed by atoms with Gasteiger partial charge in [-0.05, 0) is 12.5 Å². The first-order valence-corrected chi connectivity index (χ1v) is 9.57. The first-order chi connectivity index (χ1) is 13.7. The zero-order valence-corrected chi connectivity index (χ0v) is 16.1. The third kappa shape index (κ3) is 3.24. The van der Waals surface area contributed by atoms with E-state index < -0.39 is 0 Å². The van der Waals surface area contributed by atoms with Crippen LogP contribution < -0.4 is 4.74 Å². The van der Waals surface area contributed by atoms with Crippen LogP contribution in [-0.2, 0) is 20.8 Å². The second-order valence-electron chi connectivity index (χ2n) is 6.87. The summed E-state index contributed by atoms with van der Waals surface area (Å²) in [6, 6.07) is 2.18. The molecule has 3 aromatic rings. The molecule has 0 radical (unpaired) electrons. The van der Waals surface area contributed by atoms with Crippen LogP contribution in [0.1, 0.15) is 6.42 Å². The number of pyridine rings is 1. The minimum Gasteiger partial charge on any atom is -0.456 e. The average molecular weight is 406 g/mol. The summed E-state index contributed by atoms with van der Waals surface area (Å²) >= 11 is 6.45. The van der Waals surface area contributed by atoms with Gasteiger partial charge in [-0.3, -0.25) is 4.68 Å². The Hall–Kier alpha value is -2.20. The average Bonchev–Trinajstić information content (AvgIpc) is 3.44. The van der Waals surface area contributed by atoms with Gasteiger partial charge in [0, 0.05) is 25.5 Å². The lowest BCUT2D eigenvalue weighted by molar-refractivity contribution is 0.0273. The molecule has 0 bridgehead atoms. The molecule has 28 heavy (non-hydrogen) atoms. The van der Waals surface area contributed by atoms with E-state index in [1.807, 2.05) is 6.20 Å². The van der Waals surface area contributed by atoms with E-state index in [-0.39, 0.29) is 18.3 Å². The molecule has 2 saturated heterocycles. The number of H-pyrrole nitrogens is 1. The second kappa shape index (κ2) is 7.32. The van der Waals surface area contributed by atoms with Gasteiger partial charge >= 0.3 is 0 Å². The van der Waals surface area contributed by atoms with E-state index in [1.54, 1.807) is 24.1 Å². The van der Waals surface area contributed by atoms with Crippen LogP contribution in [0.2, 0.25) is 5.02 Å². The third-order valence-corrected chi connectivity index (χ3v) is 5.31. The first kappa shape index (κ1) is 17.9. The standard InChI is InChI=1S/C18H20ClN5O4/c1-25-5-3-24-8-10(7-20-24)15-11(19)6-12-17(22-15)23-18(21-12)28-14-9-27-13-2-4-26-16(13)14/h6-8,13-14,16H,2-5,9H2,1H3,(H,21,22,23)/t13-,14?,16+/m1/s1. The Bertz CT molecular complexity index is 990. The summed E-state index contributed by atoms with van der Waals surface area (Å²) in [6.07, 6.45) is 4.41. The van der Waals surface area contributed by atoms with Crippen molar-refractivity contribution in [1.29, 1.82) is 0 Å². The fourth-order valence-corrected chi connectivity index (χ4v) is 3.88. The summed E-state index contributed by atoms with van der Waals surface area (Å²) in [5, 5.41) is 4.82. The zero-order chi connectivity index (χ0) is 19.1. The van der Waals surface area contributed by atoms with Crippen molar-refractivity contribution in [3.8, 4) is 17.3 Å². The van der Waals surface area contributed by atoms with E-state index in [0.717, 1.165) is 12.0 Å². The number of hydrogen-bond donors (Lipinski definition) is 1. The quantitative estimate of drug-likeness (QED) is 0.670. The van der Waals surface area contributed by atoms with Gasteiger partial charge in [-0.1, -0.05) is 11.6 Å². The zero-order valence-electron chi connectivity index (χ0n) is 15.3. The molecule has 3 aromatic heterocycles. The number of methoxy groups -OCH3 is 1. The molecule has 0 aromatic carbocycles. The molecule has 10 heteroatoms. The maximum absolute atomic E-state index is 6.45. The van der Waals surface area contributed by atoms with Gasteiger partial charge in [-0.2, -0.15) is 10.1 Å². The van der Waals surface area contributed by atoms with Crippen molar-refractivity contribution >= 4 is 22.8 Å². The topological polar surface area (TPSA) is 96.3 Å². The van der Waals surface area contributed by atoms with Crippen LogP contribution in [0, 0.1) is 0 Å². The third-order valence-electron chi connectivity index (χ3n) is 5.02. The van der Waals surface area contributed by atoms with Crippen molar-refractivity contribution in [2.75, 3.05) is 26.9 Å². The molecule has 1 unspecified atom stereocenters. The van der Waals surface area contributed by atoms with Crippen molar-refractivity contribution in [2.24, 2.45) is 0 Å². The van der Waals surface area contributed by atoms with E-state index in [0.29, 0.717) is 54.3 Å². The maximum atomic E-state index is 6.45. The van der Waals surface area contributed by atoms with E-state index in [4.69, 9.17) is 30.5 Å². The van der Waals surface area contributed by atoms with Gasteiger partial charge < -0.3 is 23.9 Å². The van der Waals surface area contributed by atoms with Crippen LogP contribution >= 0.6 is 11.6 Å². The number of aromatic nitrogens is 5. The molecule has 5 heterocycles. The van der Waals surface area contributed by atoms with Gasteiger partial charge in [-0.25, -0.2) is 4.98 Å². The number of ether oxygens (including phenoxy) is 4. The summed E-state index contributed by atoms with van der Waals surface area (Å²) in [4.78, 5) is 12.2. The number of aromatic amines is 1. The van der Waals surface area contributed by atoms with Crippen LogP contribution in [0.25, 0.3) is 22.4 Å². The lowest BCUT2D eigenvalue weighted by atomic mass is 10.1. The van der Waals surface area contributed by atoms with Gasteiger partial charge in [0.1, 0.15) is 6.10 Å². The number of nitrogens with one attached hydrogen (secondary N) is 1. The Kier molecular flexibility index (Phi) is 4.67. The Morgan fingerprint density at radius 3 is 3.18 bits per heavy atom. The van der Waals surface area contributed by atoms with Crippen LogP contribution in [0.5, 0.6) is 6.01 Å². The summed E-state index contributed by atoms with van der Waals surface area (Å²) < 4.78 is 24.3. The Morgan fingerprint density at radius 1 is 1.36 bits per heavy atom. The fraction of sp³-hybridized carbons (Fsp3) is 0.500. The minimum atomic E-state index is -0.179. The highest BCUT2D eigenvalue weighted by Crippen LogP contribution is 2.31. The first-order valence-electron chi connectivity index (χ1n) is 9.19. The largest absolute Gasteiger partial charge is 0.456 e. The van der Waals surface area contributed by atoms with Gasteiger partial charge in [0.05, 0.1) is 48.3 Å². The van der Waals surface area contributed by atoms with E-state index in [1.165, 1.54) is 0 Å². The Morgan fingerprint density at radius 2 is 2.29 bits per heavy atom. The molecule has 1 N–H and O–H groups in total. The molecule has 0 amide bonds. The van der Waals surface area contributed by atoms with Crippen molar-refractivity contribution in [2.45, 2.75) is 31.3 Å². The number of nitrogens with zero attached hydrogens (tertiary/aromatic N) is 4. The summed E-state index contributed by atoms with van der Waals surface area (Å²) in [6.45, 7) is 2.43. The molecule has 2 fully saturated rings. The predicted octanol–water partition coefficient (Wildman–Crippen LogP) is 2.06. The normalized spacial score (nSPS) is 24.1. The summed E-state index contributed by atoms with van der Waals surface area (Å²) in [5.41, 5.74) is 2.68. The monoisotopic (exact) mass is 405 g/mol. The predicted molar refractivity (Wildman–Crippen MR) is 101 cm³/mol. The molecule has 0 aliphatic carbocycles. The van der Waals surface area contributed by atoms with Crippen molar-refractivity contribution in [1.82, 2.24) is 24.7 Å². The Labute approximate surface area is 165 Å². The highest BCUT2D eigenvalue weighted by Gasteiger charge is 2.43. The molecule has 148 valence electrons. The van der Waals surface area contributed by atoms with Crippen molar-refractivity contribution < 1.29 is 18.9 Å². The Balaban J connectivity index is 1.39. The molecule has 2 aliphatic heterocycles. The SMILES string of the molecule is COCCn1cc(-c2nc3nc(OC4CO[C@@H]5CCO[C@H]45)[nH]c3cc2Cl)cn1. The molecular formula is C18H20ClN5O4. The number of fused-ring (bicyclic) bond motifs is 2. The van der Waals surface area contributed by atoms with Crippen LogP contribution in [0.15, 0.2) is 18.5 Å². The molecule has 0 spiro atoms. The lowest BCUT2D eigenvalue weighted by Gasteiger charge is -2.15.